The molecule has 0 aliphatic carbocycles. The normalized spacial score (nSPS) is 13.2. The third kappa shape index (κ3) is 3.73. The first-order valence-electron chi connectivity index (χ1n) is 11.0. The topological polar surface area (TPSA) is 70.9 Å². The Kier molecular flexibility index (Phi) is 5.39. The van der Waals surface area contributed by atoms with Crippen LogP contribution in [0.3, 0.4) is 0 Å². The van der Waals surface area contributed by atoms with Gasteiger partial charge in [-0.1, -0.05) is 59.1 Å². The molecule has 0 radical (unpaired) electrons. The van der Waals surface area contributed by atoms with Crippen LogP contribution in [0.4, 0.5) is 0 Å². The molecule has 34 heavy (non-hydrogen) atoms. The van der Waals surface area contributed by atoms with Gasteiger partial charge in [0.05, 0.1) is 18.2 Å². The minimum atomic E-state index is -1.49. The summed E-state index contributed by atoms with van der Waals surface area (Å²) >= 11 is 6.14. The van der Waals surface area contributed by atoms with Crippen LogP contribution in [0, 0.1) is 13.8 Å². The molecule has 0 spiro atoms. The van der Waals surface area contributed by atoms with Crippen molar-refractivity contribution in [3.05, 3.63) is 123 Å². The van der Waals surface area contributed by atoms with E-state index in [1.807, 2.05) is 51.2 Å². The Morgan fingerprint density at radius 3 is 2.26 bits per heavy atom. The Hall–Kier alpha value is -3.67. The van der Waals surface area contributed by atoms with E-state index < -0.39 is 5.60 Å². The highest BCUT2D eigenvalue weighted by molar-refractivity contribution is 6.30. The lowest BCUT2D eigenvalue weighted by molar-refractivity contribution is 0.117. The molecule has 0 aliphatic heterocycles. The number of hydrogen-bond acceptors (Lipinski definition) is 3. The first-order valence-corrected chi connectivity index (χ1v) is 11.3. The summed E-state index contributed by atoms with van der Waals surface area (Å²) in [5.74, 6) is 0. The Morgan fingerprint density at radius 2 is 1.62 bits per heavy atom. The third-order valence-corrected chi connectivity index (χ3v) is 6.49. The van der Waals surface area contributed by atoms with Gasteiger partial charge in [-0.3, -0.25) is 4.79 Å². The van der Waals surface area contributed by atoms with Crippen LogP contribution in [0.25, 0.3) is 22.0 Å². The van der Waals surface area contributed by atoms with E-state index in [4.69, 9.17) is 11.6 Å². The molecular weight excluding hydrogens is 446 g/mol. The molecule has 6 heteroatoms. The van der Waals surface area contributed by atoms with Crippen molar-refractivity contribution in [1.29, 1.82) is 0 Å². The van der Waals surface area contributed by atoms with Crippen LogP contribution in [-0.2, 0) is 12.6 Å². The Labute approximate surface area is 202 Å². The predicted molar refractivity (Wildman–Crippen MR) is 136 cm³/mol. The van der Waals surface area contributed by atoms with Crippen molar-refractivity contribution in [2.24, 2.45) is 7.05 Å². The lowest BCUT2D eigenvalue weighted by atomic mass is 9.82. The molecule has 2 N–H and O–H groups in total. The number of hydrogen-bond donors (Lipinski definition) is 2. The summed E-state index contributed by atoms with van der Waals surface area (Å²) in [7, 11) is 1.85. The molecular formula is C28H24ClN3O2. The highest BCUT2D eigenvalue weighted by Crippen LogP contribution is 2.39. The molecule has 2 heterocycles. The van der Waals surface area contributed by atoms with Crippen LogP contribution in [0.2, 0.25) is 5.02 Å². The highest BCUT2D eigenvalue weighted by Gasteiger charge is 2.36. The van der Waals surface area contributed by atoms with Gasteiger partial charge in [0.1, 0.15) is 0 Å². The highest BCUT2D eigenvalue weighted by atomic mass is 35.5. The SMILES string of the molecule is Cc1cc(C)cc(-c2cc(=O)[nH]c3ccc(C(O)(c4ccc(Cl)cc4)c4cncn4C)cc23)c1. The smallest absolute Gasteiger partial charge is 0.249 e. The van der Waals surface area contributed by atoms with Gasteiger partial charge in [0.25, 0.3) is 0 Å². The minimum Gasteiger partial charge on any atom is -0.374 e. The van der Waals surface area contributed by atoms with Crippen molar-refractivity contribution in [3.8, 4) is 11.1 Å². The van der Waals surface area contributed by atoms with Gasteiger partial charge in [-0.25, -0.2) is 4.98 Å². The maximum atomic E-state index is 12.5. The lowest BCUT2D eigenvalue weighted by Gasteiger charge is -2.30. The maximum Gasteiger partial charge on any atom is 0.249 e. The first kappa shape index (κ1) is 22.1. The molecule has 0 amide bonds. The fourth-order valence-corrected chi connectivity index (χ4v) is 4.83. The van der Waals surface area contributed by atoms with E-state index in [-0.39, 0.29) is 5.56 Å². The van der Waals surface area contributed by atoms with Crippen molar-refractivity contribution in [2.45, 2.75) is 19.4 Å². The lowest BCUT2D eigenvalue weighted by Crippen LogP contribution is -2.31. The number of aromatic nitrogens is 3. The number of imidazole rings is 1. The summed E-state index contributed by atoms with van der Waals surface area (Å²) in [4.78, 5) is 19.7. The summed E-state index contributed by atoms with van der Waals surface area (Å²) in [5, 5.41) is 13.7. The van der Waals surface area contributed by atoms with Crippen LogP contribution >= 0.6 is 11.6 Å². The number of nitrogens with one attached hydrogen (secondary N) is 1. The molecule has 170 valence electrons. The van der Waals surface area contributed by atoms with Gasteiger partial charge in [0, 0.05) is 29.0 Å². The average Bonchev–Trinajstić information content (AvgIpc) is 3.24. The second-order valence-electron chi connectivity index (χ2n) is 8.79. The number of rotatable bonds is 4. The largest absolute Gasteiger partial charge is 0.374 e. The molecule has 2 aromatic heterocycles. The van der Waals surface area contributed by atoms with Gasteiger partial charge < -0.3 is 14.7 Å². The molecule has 5 rings (SSSR count). The van der Waals surface area contributed by atoms with Crippen molar-refractivity contribution in [3.63, 3.8) is 0 Å². The van der Waals surface area contributed by atoms with E-state index in [1.54, 1.807) is 35.3 Å². The summed E-state index contributed by atoms with van der Waals surface area (Å²) < 4.78 is 1.80. The van der Waals surface area contributed by atoms with Crippen LogP contribution in [0.1, 0.15) is 27.9 Å². The Bertz CT molecular complexity index is 1560. The number of aryl methyl sites for hydroxylation is 3. The number of fused-ring (bicyclic) bond motifs is 1. The molecule has 0 saturated carbocycles. The van der Waals surface area contributed by atoms with E-state index in [0.717, 1.165) is 27.6 Å². The van der Waals surface area contributed by atoms with Crippen LogP contribution in [0.5, 0.6) is 0 Å². The summed E-state index contributed by atoms with van der Waals surface area (Å²) in [6.45, 7) is 4.08. The van der Waals surface area contributed by atoms with E-state index >= 15 is 0 Å². The molecule has 1 atom stereocenters. The third-order valence-electron chi connectivity index (χ3n) is 6.24. The van der Waals surface area contributed by atoms with E-state index in [2.05, 4.69) is 28.2 Å². The van der Waals surface area contributed by atoms with E-state index in [0.29, 0.717) is 27.4 Å². The number of aromatic amines is 1. The molecule has 0 bridgehead atoms. The van der Waals surface area contributed by atoms with Crippen molar-refractivity contribution >= 4 is 22.5 Å². The molecule has 3 aromatic carbocycles. The molecule has 0 saturated heterocycles. The second kappa shape index (κ2) is 8.28. The van der Waals surface area contributed by atoms with E-state index in [9.17, 15) is 9.90 Å². The van der Waals surface area contributed by atoms with Crippen molar-refractivity contribution < 1.29 is 5.11 Å². The van der Waals surface area contributed by atoms with Gasteiger partial charge in [0.2, 0.25) is 5.56 Å². The van der Waals surface area contributed by atoms with Gasteiger partial charge in [-0.15, -0.1) is 0 Å². The average molecular weight is 470 g/mol. The Morgan fingerprint density at radius 1 is 0.941 bits per heavy atom. The number of pyridine rings is 1. The monoisotopic (exact) mass is 469 g/mol. The summed E-state index contributed by atoms with van der Waals surface area (Å²) in [6.07, 6.45) is 3.33. The van der Waals surface area contributed by atoms with E-state index in [1.165, 1.54) is 0 Å². The van der Waals surface area contributed by atoms with Gasteiger partial charge in [0.15, 0.2) is 5.60 Å². The van der Waals surface area contributed by atoms with Crippen LogP contribution in [0.15, 0.2) is 84.0 Å². The number of H-pyrrole nitrogens is 1. The number of nitrogens with zero attached hydrogens (tertiary/aromatic N) is 2. The summed E-state index contributed by atoms with van der Waals surface area (Å²) in [5.41, 5.74) is 4.99. The molecule has 5 nitrogen and oxygen atoms in total. The maximum absolute atomic E-state index is 12.5. The van der Waals surface area contributed by atoms with Crippen molar-refractivity contribution in [2.75, 3.05) is 0 Å². The zero-order valence-corrected chi connectivity index (χ0v) is 19.9. The fourth-order valence-electron chi connectivity index (χ4n) is 4.71. The standard InChI is InChI=1S/C28H24ClN3O2/c1-17-10-18(2)12-19(11-17)23-14-27(33)31-25-9-6-21(13-24(23)25)28(34,26-15-30-16-32(26)3)20-4-7-22(29)8-5-20/h4-16,34H,1-3H3,(H,31,33). The minimum absolute atomic E-state index is 0.172. The zero-order chi connectivity index (χ0) is 24.0. The number of benzene rings is 3. The fraction of sp³-hybridized carbons (Fsp3) is 0.143. The van der Waals surface area contributed by atoms with Crippen LogP contribution < -0.4 is 5.56 Å². The molecule has 1 unspecified atom stereocenters. The molecule has 0 aliphatic rings. The van der Waals surface area contributed by atoms with Crippen LogP contribution in [-0.4, -0.2) is 19.6 Å². The number of aliphatic hydroxyl groups is 1. The van der Waals surface area contributed by atoms with Gasteiger partial charge in [-0.05, 0) is 60.4 Å². The predicted octanol–water partition coefficient (Wildman–Crippen LogP) is 5.48. The first-order chi connectivity index (χ1) is 16.3. The number of halogens is 1. The zero-order valence-electron chi connectivity index (χ0n) is 19.1. The van der Waals surface area contributed by atoms with Crippen molar-refractivity contribution in [1.82, 2.24) is 14.5 Å². The quantitative estimate of drug-likeness (QED) is 0.366. The summed E-state index contributed by atoms with van der Waals surface area (Å²) in [6, 6.07) is 20.6. The molecule has 5 aromatic rings. The van der Waals surface area contributed by atoms with Gasteiger partial charge in [-0.2, -0.15) is 0 Å². The second-order valence-corrected chi connectivity index (χ2v) is 9.23. The molecule has 0 fully saturated rings. The Balaban J connectivity index is 1.81. The van der Waals surface area contributed by atoms with Gasteiger partial charge >= 0.3 is 0 Å².